The third-order valence-corrected chi connectivity index (χ3v) is 6.21. The van der Waals surface area contributed by atoms with E-state index < -0.39 is 0 Å². The summed E-state index contributed by atoms with van der Waals surface area (Å²) in [6.45, 7) is 0. The Labute approximate surface area is 116 Å². The lowest BCUT2D eigenvalue weighted by atomic mass is 10.2. The molecule has 82 valence electrons. The summed E-state index contributed by atoms with van der Waals surface area (Å²) in [5.41, 5.74) is 0.699. The van der Waals surface area contributed by atoms with Gasteiger partial charge in [0.2, 0.25) is 5.12 Å². The summed E-state index contributed by atoms with van der Waals surface area (Å²) in [6.07, 6.45) is 0. The maximum absolute atomic E-state index is 11.9. The number of carbonyl (C=O) groups is 1. The molecule has 1 aromatic heterocycles. The summed E-state index contributed by atoms with van der Waals surface area (Å²) < 4.78 is 2.50. The van der Waals surface area contributed by atoms with Gasteiger partial charge in [-0.05, 0) is 11.8 Å². The van der Waals surface area contributed by atoms with Gasteiger partial charge in [0.25, 0.3) is 0 Å². The molecule has 0 aliphatic heterocycles. The molecule has 0 radical (unpaired) electrons. The minimum Gasteiger partial charge on any atom is -0.281 e. The molecule has 0 atom stereocenters. The Bertz CT molecular complexity index is 554. The van der Waals surface area contributed by atoms with E-state index in [0.29, 0.717) is 5.56 Å². The second-order valence-electron chi connectivity index (χ2n) is 2.80. The zero-order valence-corrected chi connectivity index (χ0v) is 12.0. The first-order valence-electron chi connectivity index (χ1n) is 4.27. The molecule has 2 rings (SSSR count). The van der Waals surface area contributed by atoms with Crippen LogP contribution in [0.1, 0.15) is 10.4 Å². The lowest BCUT2D eigenvalue weighted by molar-refractivity contribution is 0.108. The van der Waals surface area contributed by atoms with E-state index in [1.165, 1.54) is 34.4 Å². The lowest BCUT2D eigenvalue weighted by Crippen LogP contribution is -1.90. The molecule has 1 heterocycles. The monoisotopic (exact) mass is 302 g/mol. The van der Waals surface area contributed by atoms with Crippen molar-refractivity contribution in [1.82, 2.24) is 0 Å². The van der Waals surface area contributed by atoms with Crippen LogP contribution in [0.2, 0.25) is 0 Å². The molecule has 1 aromatic carbocycles. The van der Waals surface area contributed by atoms with E-state index in [1.807, 2.05) is 18.2 Å². The highest BCUT2D eigenvalue weighted by molar-refractivity contribution is 8.16. The standard InChI is InChI=1S/C10H6OS5/c11-7(6-4-2-1-3-5-6)14-9-8(12)15-10(13)16-9/h1-5,12H. The van der Waals surface area contributed by atoms with E-state index >= 15 is 0 Å². The van der Waals surface area contributed by atoms with Gasteiger partial charge in [-0.15, -0.1) is 35.3 Å². The van der Waals surface area contributed by atoms with Gasteiger partial charge in [-0.1, -0.05) is 42.5 Å². The second-order valence-corrected chi connectivity index (χ2v) is 8.02. The largest absolute Gasteiger partial charge is 0.281 e. The van der Waals surface area contributed by atoms with Crippen LogP contribution in [-0.4, -0.2) is 5.12 Å². The summed E-state index contributed by atoms with van der Waals surface area (Å²) in [4.78, 5) is 11.9. The van der Waals surface area contributed by atoms with E-state index in [2.05, 4.69) is 12.6 Å². The molecule has 0 aliphatic rings. The molecule has 0 N–H and O–H groups in total. The predicted octanol–water partition coefficient (Wildman–Crippen LogP) is 4.76. The highest BCUT2D eigenvalue weighted by Gasteiger charge is 2.12. The third-order valence-electron chi connectivity index (χ3n) is 1.73. The summed E-state index contributed by atoms with van der Waals surface area (Å²) in [5, 5.41) is 0.0277. The molecule has 0 fully saturated rings. The SMILES string of the molecule is O=C(Sc1sc(=S)sc1S)c1ccccc1. The highest BCUT2D eigenvalue weighted by atomic mass is 32.2. The third kappa shape index (κ3) is 2.95. The van der Waals surface area contributed by atoms with Crippen molar-refractivity contribution in [3.05, 3.63) is 39.0 Å². The van der Waals surface area contributed by atoms with Crippen molar-refractivity contribution in [2.75, 3.05) is 0 Å². The van der Waals surface area contributed by atoms with Crippen LogP contribution < -0.4 is 0 Å². The first-order chi connectivity index (χ1) is 7.66. The van der Waals surface area contributed by atoms with Gasteiger partial charge < -0.3 is 0 Å². The lowest BCUT2D eigenvalue weighted by Gasteiger charge is -1.98. The zero-order chi connectivity index (χ0) is 11.5. The second kappa shape index (κ2) is 5.46. The van der Waals surface area contributed by atoms with Crippen LogP contribution in [-0.2, 0) is 0 Å². The Morgan fingerprint density at radius 3 is 2.50 bits per heavy atom. The van der Waals surface area contributed by atoms with Gasteiger partial charge in [0, 0.05) is 5.56 Å². The molecule has 2 aromatic rings. The number of hydrogen-bond donors (Lipinski definition) is 1. The maximum atomic E-state index is 11.9. The minimum atomic E-state index is 0.0277. The van der Waals surface area contributed by atoms with E-state index in [0.717, 1.165) is 11.6 Å². The first kappa shape index (κ1) is 12.3. The van der Waals surface area contributed by atoms with Crippen LogP contribution in [0.4, 0.5) is 0 Å². The van der Waals surface area contributed by atoms with Crippen LogP contribution in [0, 0.1) is 3.14 Å². The topological polar surface area (TPSA) is 17.1 Å². The Morgan fingerprint density at radius 2 is 1.94 bits per heavy atom. The molecule has 0 saturated heterocycles. The summed E-state index contributed by atoms with van der Waals surface area (Å²) in [6, 6.07) is 9.20. The molecule has 0 aliphatic carbocycles. The van der Waals surface area contributed by atoms with Crippen molar-refractivity contribution in [2.24, 2.45) is 0 Å². The van der Waals surface area contributed by atoms with Crippen molar-refractivity contribution in [3.63, 3.8) is 0 Å². The molecule has 1 nitrogen and oxygen atoms in total. The minimum absolute atomic E-state index is 0.0277. The van der Waals surface area contributed by atoms with Gasteiger partial charge in [-0.2, -0.15) is 0 Å². The summed E-state index contributed by atoms with van der Waals surface area (Å²) >= 11 is 13.4. The van der Waals surface area contributed by atoms with Gasteiger partial charge in [0.05, 0.1) is 8.42 Å². The quantitative estimate of drug-likeness (QED) is 0.490. The Hall–Kier alpha value is -0.140. The van der Waals surface area contributed by atoms with Crippen LogP contribution in [0.25, 0.3) is 0 Å². The summed E-state index contributed by atoms with van der Waals surface area (Å²) in [7, 11) is 0. The Morgan fingerprint density at radius 1 is 1.25 bits per heavy atom. The smallest absolute Gasteiger partial charge is 0.224 e. The first-order valence-corrected chi connectivity index (χ1v) is 7.57. The van der Waals surface area contributed by atoms with Crippen LogP contribution >= 0.6 is 59.3 Å². The van der Waals surface area contributed by atoms with Gasteiger partial charge in [-0.3, -0.25) is 4.79 Å². The molecule has 0 amide bonds. The number of thiol groups is 1. The molecular weight excluding hydrogens is 296 g/mol. The van der Waals surface area contributed by atoms with E-state index in [9.17, 15) is 4.79 Å². The van der Waals surface area contributed by atoms with E-state index in [-0.39, 0.29) is 5.12 Å². The molecule has 0 unspecified atom stereocenters. The number of thioether (sulfide) groups is 1. The van der Waals surface area contributed by atoms with Gasteiger partial charge in [-0.25, -0.2) is 0 Å². The van der Waals surface area contributed by atoms with Crippen molar-refractivity contribution in [2.45, 2.75) is 8.42 Å². The van der Waals surface area contributed by atoms with Crippen molar-refractivity contribution in [3.8, 4) is 0 Å². The molecule has 0 saturated carbocycles. The van der Waals surface area contributed by atoms with Crippen molar-refractivity contribution in [1.29, 1.82) is 0 Å². The Balaban J connectivity index is 2.20. The zero-order valence-electron chi connectivity index (χ0n) is 7.88. The van der Waals surface area contributed by atoms with E-state index in [4.69, 9.17) is 12.2 Å². The predicted molar refractivity (Wildman–Crippen MR) is 76.9 cm³/mol. The number of rotatable bonds is 2. The van der Waals surface area contributed by atoms with Crippen molar-refractivity contribution >= 4 is 64.4 Å². The molecule has 0 bridgehead atoms. The highest BCUT2D eigenvalue weighted by Crippen LogP contribution is 2.37. The van der Waals surface area contributed by atoms with E-state index in [1.54, 1.807) is 12.1 Å². The fraction of sp³-hybridized carbons (Fsp3) is 0. The van der Waals surface area contributed by atoms with Crippen molar-refractivity contribution < 1.29 is 4.79 Å². The summed E-state index contributed by atoms with van der Waals surface area (Å²) in [5.74, 6) is 0. The number of carbonyl (C=O) groups excluding carboxylic acids is 1. The maximum Gasteiger partial charge on any atom is 0.224 e. The fourth-order valence-corrected chi connectivity index (χ4v) is 5.58. The number of benzene rings is 1. The fourth-order valence-electron chi connectivity index (χ4n) is 1.04. The van der Waals surface area contributed by atoms with Gasteiger partial charge in [0.15, 0.2) is 0 Å². The molecular formula is C10H6OS5. The van der Waals surface area contributed by atoms with Gasteiger partial charge >= 0.3 is 0 Å². The average Bonchev–Trinajstić information content (AvgIpc) is 2.59. The van der Waals surface area contributed by atoms with Gasteiger partial charge in [0.1, 0.15) is 3.14 Å². The number of hydrogen-bond acceptors (Lipinski definition) is 6. The Kier molecular flexibility index (Phi) is 4.21. The molecule has 6 heteroatoms. The van der Waals surface area contributed by atoms with Crippen LogP contribution in [0.15, 0.2) is 38.8 Å². The average molecular weight is 302 g/mol. The normalized spacial score (nSPS) is 10.3. The molecule has 0 spiro atoms. The van der Waals surface area contributed by atoms with Crippen LogP contribution in [0.3, 0.4) is 0 Å². The van der Waals surface area contributed by atoms with Crippen LogP contribution in [0.5, 0.6) is 0 Å². The molecule has 16 heavy (non-hydrogen) atoms.